The van der Waals surface area contributed by atoms with E-state index in [4.69, 9.17) is 5.26 Å². The first kappa shape index (κ1) is 24.7. The van der Waals surface area contributed by atoms with Gasteiger partial charge in [-0.15, -0.1) is 0 Å². The van der Waals surface area contributed by atoms with E-state index in [0.717, 1.165) is 4.90 Å². The molecule has 0 bridgehead atoms. The second-order valence-corrected chi connectivity index (χ2v) is 8.53. The summed E-state index contributed by atoms with van der Waals surface area (Å²) in [5.74, 6) is -0.293. The number of nitrogens with one attached hydrogen (secondary N) is 1. The number of alkyl halides is 6. The maximum absolute atomic E-state index is 12.5. The molecule has 1 amide bonds. The first-order valence-electron chi connectivity index (χ1n) is 8.83. The number of rotatable bonds is 5. The van der Waals surface area contributed by atoms with Crippen LogP contribution in [0, 0.1) is 17.2 Å². The van der Waals surface area contributed by atoms with E-state index in [9.17, 15) is 39.6 Å². The molecule has 0 unspecified atom stereocenters. The molecule has 1 aliphatic rings. The van der Waals surface area contributed by atoms with Crippen LogP contribution in [0.3, 0.4) is 0 Å². The largest absolute Gasteiger partial charge is 0.434 e. The van der Waals surface area contributed by atoms with Gasteiger partial charge in [-0.05, 0) is 43.0 Å². The van der Waals surface area contributed by atoms with Gasteiger partial charge in [-0.3, -0.25) is 0 Å². The van der Waals surface area contributed by atoms with Crippen LogP contribution in [0.25, 0.3) is 0 Å². The normalized spacial score (nSPS) is 16.3. The van der Waals surface area contributed by atoms with Crippen LogP contribution in [0.2, 0.25) is 0 Å². The number of likely N-dealkylation sites (tertiary alicyclic amines) is 1. The van der Waals surface area contributed by atoms with Crippen molar-refractivity contribution in [3.05, 3.63) is 29.8 Å². The molecule has 1 aromatic rings. The molecule has 0 aromatic heterocycles. The van der Waals surface area contributed by atoms with Crippen molar-refractivity contribution < 1.29 is 44.3 Å². The van der Waals surface area contributed by atoms with Crippen LogP contribution in [0.15, 0.2) is 29.2 Å². The number of hydrogen-bond donors (Lipinski definition) is 1. The highest BCUT2D eigenvalue weighted by atomic mass is 32.2. The van der Waals surface area contributed by atoms with Gasteiger partial charge in [-0.1, -0.05) is 0 Å². The maximum atomic E-state index is 12.5. The summed E-state index contributed by atoms with van der Waals surface area (Å²) < 4.78 is 106. The number of halogens is 6. The zero-order chi connectivity index (χ0) is 23.4. The van der Waals surface area contributed by atoms with Crippen LogP contribution in [-0.4, -0.2) is 57.5 Å². The molecule has 1 aliphatic heterocycles. The predicted molar refractivity (Wildman–Crippen MR) is 93.0 cm³/mol. The first-order valence-corrected chi connectivity index (χ1v) is 10.3. The number of carbonyl (C=O) groups is 1. The summed E-state index contributed by atoms with van der Waals surface area (Å²) in [6.45, 7) is -0.423. The van der Waals surface area contributed by atoms with Crippen molar-refractivity contribution in [3.63, 3.8) is 0 Å². The summed E-state index contributed by atoms with van der Waals surface area (Å²) >= 11 is 0. The van der Waals surface area contributed by atoms with Crippen molar-refractivity contribution in [2.24, 2.45) is 5.92 Å². The Balaban J connectivity index is 1.88. The van der Waals surface area contributed by atoms with Gasteiger partial charge < -0.3 is 9.64 Å². The third-order valence-corrected chi connectivity index (χ3v) is 5.98. The van der Waals surface area contributed by atoms with E-state index in [-0.39, 0.29) is 48.9 Å². The third-order valence-electron chi connectivity index (χ3n) is 4.54. The Morgan fingerprint density at radius 2 is 1.65 bits per heavy atom. The Hall–Kier alpha value is -2.53. The van der Waals surface area contributed by atoms with E-state index >= 15 is 0 Å². The molecule has 0 atom stereocenters. The number of nitrogens with zero attached hydrogens (tertiary/aromatic N) is 2. The van der Waals surface area contributed by atoms with Crippen LogP contribution < -0.4 is 4.72 Å². The topological polar surface area (TPSA) is 99.5 Å². The number of piperidine rings is 1. The Morgan fingerprint density at radius 3 is 2.10 bits per heavy atom. The number of hydrogen-bond acceptors (Lipinski definition) is 5. The summed E-state index contributed by atoms with van der Waals surface area (Å²) in [5.41, 5.74) is 0.275. The molecule has 14 heteroatoms. The van der Waals surface area contributed by atoms with Gasteiger partial charge in [0.1, 0.15) is 0 Å². The highest BCUT2D eigenvalue weighted by Crippen LogP contribution is 2.36. The highest BCUT2D eigenvalue weighted by Gasteiger charge is 2.60. The Bertz CT molecular complexity index is 903. The molecule has 0 aliphatic carbocycles. The van der Waals surface area contributed by atoms with Gasteiger partial charge in [0.05, 0.1) is 16.5 Å². The van der Waals surface area contributed by atoms with Gasteiger partial charge in [0.25, 0.3) is 6.10 Å². The van der Waals surface area contributed by atoms with E-state index < -0.39 is 34.6 Å². The van der Waals surface area contributed by atoms with Gasteiger partial charge >= 0.3 is 18.4 Å². The van der Waals surface area contributed by atoms with Gasteiger partial charge in [0, 0.05) is 19.6 Å². The molecule has 1 N–H and O–H groups in total. The Labute approximate surface area is 173 Å². The molecular formula is C17H17F6N3O4S. The third kappa shape index (κ3) is 6.73. The number of sulfonamides is 1. The van der Waals surface area contributed by atoms with Crippen LogP contribution in [-0.2, 0) is 14.8 Å². The molecule has 1 fully saturated rings. The Morgan fingerprint density at radius 1 is 1.13 bits per heavy atom. The van der Waals surface area contributed by atoms with Crippen molar-refractivity contribution in [2.75, 3.05) is 19.6 Å². The number of benzene rings is 1. The number of ether oxygens (including phenoxy) is 1. The van der Waals surface area contributed by atoms with E-state index in [2.05, 4.69) is 9.46 Å². The molecule has 31 heavy (non-hydrogen) atoms. The lowest BCUT2D eigenvalue weighted by Gasteiger charge is -2.33. The standard InChI is InChI=1S/C17H17F6N3O4S/c18-16(19,20)14(17(21,22)23)30-15(27)26-7-5-12(6-8-26)10-25-31(28,29)13-3-1-11(9-24)2-4-13/h1-4,12,14,25H,5-8,10H2. The monoisotopic (exact) mass is 473 g/mol. The second-order valence-electron chi connectivity index (χ2n) is 6.77. The van der Waals surface area contributed by atoms with Gasteiger partial charge in [-0.2, -0.15) is 31.6 Å². The summed E-state index contributed by atoms with van der Waals surface area (Å²) in [4.78, 5) is 12.4. The molecule has 2 rings (SSSR count). The smallest absolute Gasteiger partial charge is 0.426 e. The van der Waals surface area contributed by atoms with Gasteiger partial charge in [0.15, 0.2) is 0 Å². The average molecular weight is 473 g/mol. The molecule has 7 nitrogen and oxygen atoms in total. The average Bonchev–Trinajstić information content (AvgIpc) is 2.69. The zero-order valence-corrected chi connectivity index (χ0v) is 16.5. The summed E-state index contributed by atoms with van der Waals surface area (Å²) in [5, 5.41) is 8.73. The fraction of sp³-hybridized carbons (Fsp3) is 0.529. The quantitative estimate of drug-likeness (QED) is 0.663. The molecule has 0 spiro atoms. The summed E-state index contributed by atoms with van der Waals surface area (Å²) in [7, 11) is -3.88. The fourth-order valence-corrected chi connectivity index (χ4v) is 3.95. The number of amides is 1. The van der Waals surface area contributed by atoms with Crippen LogP contribution >= 0.6 is 0 Å². The van der Waals surface area contributed by atoms with Gasteiger partial charge in [0.2, 0.25) is 10.0 Å². The van der Waals surface area contributed by atoms with Crippen LogP contribution in [0.4, 0.5) is 31.1 Å². The van der Waals surface area contributed by atoms with E-state index in [1.54, 1.807) is 0 Å². The second kappa shape index (κ2) is 9.31. The van der Waals surface area contributed by atoms with E-state index in [1.807, 2.05) is 6.07 Å². The van der Waals surface area contributed by atoms with Crippen LogP contribution in [0.5, 0.6) is 0 Å². The SMILES string of the molecule is N#Cc1ccc(S(=O)(=O)NCC2CCN(C(=O)OC(C(F)(F)F)C(F)(F)F)CC2)cc1. The molecule has 1 heterocycles. The zero-order valence-electron chi connectivity index (χ0n) is 15.7. The minimum atomic E-state index is -5.80. The lowest BCUT2D eigenvalue weighted by atomic mass is 9.97. The van der Waals surface area contributed by atoms with Crippen molar-refractivity contribution in [1.29, 1.82) is 5.26 Å². The fourth-order valence-electron chi connectivity index (χ4n) is 2.83. The predicted octanol–water partition coefficient (Wildman–Crippen LogP) is 3.18. The molecule has 0 radical (unpaired) electrons. The lowest BCUT2D eigenvalue weighted by Crippen LogP contribution is -2.49. The Kier molecular flexibility index (Phi) is 7.43. The van der Waals surface area contributed by atoms with E-state index in [1.165, 1.54) is 24.3 Å². The lowest BCUT2D eigenvalue weighted by molar-refractivity contribution is -0.308. The molecule has 172 valence electrons. The van der Waals surface area contributed by atoms with Crippen molar-refractivity contribution in [3.8, 4) is 6.07 Å². The van der Waals surface area contributed by atoms with Crippen molar-refractivity contribution in [2.45, 2.75) is 36.2 Å². The molecule has 1 aromatic carbocycles. The molecule has 0 saturated carbocycles. The van der Waals surface area contributed by atoms with E-state index in [0.29, 0.717) is 0 Å². The number of nitriles is 1. The maximum Gasteiger partial charge on any atom is 0.434 e. The molecule has 1 saturated heterocycles. The highest BCUT2D eigenvalue weighted by molar-refractivity contribution is 7.89. The van der Waals surface area contributed by atoms with Crippen molar-refractivity contribution >= 4 is 16.1 Å². The van der Waals surface area contributed by atoms with Gasteiger partial charge in [-0.25, -0.2) is 17.9 Å². The minimum Gasteiger partial charge on any atom is -0.426 e. The summed E-state index contributed by atoms with van der Waals surface area (Å²) in [6.07, 6.45) is -17.3. The minimum absolute atomic E-state index is 0.0427. The first-order chi connectivity index (χ1) is 14.2. The summed E-state index contributed by atoms with van der Waals surface area (Å²) in [6, 6.07) is 7.00. The van der Waals surface area contributed by atoms with Crippen LogP contribution in [0.1, 0.15) is 18.4 Å². The van der Waals surface area contributed by atoms with Crippen molar-refractivity contribution in [1.82, 2.24) is 9.62 Å². The molecular weight excluding hydrogens is 456 g/mol. The number of carbonyl (C=O) groups excluding carboxylic acids is 1.